The van der Waals surface area contributed by atoms with E-state index in [1.165, 1.54) is 13.8 Å². The second kappa shape index (κ2) is 4.61. The summed E-state index contributed by atoms with van der Waals surface area (Å²) in [6.07, 6.45) is 0. The Labute approximate surface area is 101 Å². The molecule has 0 aliphatic rings. The summed E-state index contributed by atoms with van der Waals surface area (Å²) in [7, 11) is 0. The van der Waals surface area contributed by atoms with Gasteiger partial charge in [-0.3, -0.25) is 30.4 Å². The summed E-state index contributed by atoms with van der Waals surface area (Å²) in [5, 5.41) is 17.5. The highest BCUT2D eigenvalue weighted by Gasteiger charge is 2.11. The Morgan fingerprint density at radius 2 is 1.28 bits per heavy atom. The van der Waals surface area contributed by atoms with Gasteiger partial charge in [-0.25, -0.2) is 0 Å². The number of hydrogen-bond donors (Lipinski definition) is 4. The van der Waals surface area contributed by atoms with E-state index in [0.29, 0.717) is 11.6 Å². The van der Waals surface area contributed by atoms with Gasteiger partial charge in [0.15, 0.2) is 11.6 Å². The summed E-state index contributed by atoms with van der Waals surface area (Å²) in [4.78, 5) is 29.5. The lowest BCUT2D eigenvalue weighted by Crippen LogP contribution is -2.07. The van der Waals surface area contributed by atoms with Crippen molar-refractivity contribution < 1.29 is 9.59 Å². The van der Waals surface area contributed by atoms with Gasteiger partial charge < -0.3 is 0 Å². The molecule has 0 aliphatic heterocycles. The Balaban J connectivity index is 2.15. The third kappa shape index (κ3) is 2.66. The number of hydrogen-bond acceptors (Lipinski definition) is 6. The van der Waals surface area contributed by atoms with Crippen LogP contribution in [-0.4, -0.2) is 42.2 Å². The standard InChI is InChI=1S/C8H10N8O2/c1-3(17)9-7-11-5(13-15-7)6-12-8(16-14-6)10-4(2)18/h1-2H3,(H2,9,11,13,15,17)(H2,10,12,14,16,18). The van der Waals surface area contributed by atoms with Crippen molar-refractivity contribution in [2.45, 2.75) is 13.8 Å². The summed E-state index contributed by atoms with van der Waals surface area (Å²) >= 11 is 0. The largest absolute Gasteiger partial charge is 0.293 e. The van der Waals surface area contributed by atoms with Crippen molar-refractivity contribution in [3.63, 3.8) is 0 Å². The highest BCUT2D eigenvalue weighted by molar-refractivity contribution is 5.87. The van der Waals surface area contributed by atoms with Crippen LogP contribution < -0.4 is 10.6 Å². The smallest absolute Gasteiger partial charge is 0.249 e. The first kappa shape index (κ1) is 11.7. The number of nitrogens with zero attached hydrogens (tertiary/aromatic N) is 4. The van der Waals surface area contributed by atoms with Crippen LogP contribution in [0.25, 0.3) is 11.6 Å². The zero-order chi connectivity index (χ0) is 13.1. The Morgan fingerprint density at radius 3 is 1.61 bits per heavy atom. The molecule has 2 aromatic heterocycles. The summed E-state index contributed by atoms with van der Waals surface area (Å²) < 4.78 is 0. The first-order valence-electron chi connectivity index (χ1n) is 4.95. The maximum atomic E-state index is 10.8. The first-order chi connectivity index (χ1) is 8.54. The number of nitrogens with one attached hydrogen (secondary N) is 4. The van der Waals surface area contributed by atoms with Gasteiger partial charge in [0.25, 0.3) is 0 Å². The molecule has 18 heavy (non-hydrogen) atoms. The molecule has 0 spiro atoms. The molecule has 0 unspecified atom stereocenters. The summed E-state index contributed by atoms with van der Waals surface area (Å²) in [6, 6.07) is 0. The van der Waals surface area contributed by atoms with Crippen molar-refractivity contribution in [1.29, 1.82) is 0 Å². The van der Waals surface area contributed by atoms with Gasteiger partial charge in [-0.15, -0.1) is 10.2 Å². The fourth-order valence-corrected chi connectivity index (χ4v) is 1.16. The van der Waals surface area contributed by atoms with Gasteiger partial charge in [0.2, 0.25) is 23.7 Å². The summed E-state index contributed by atoms with van der Waals surface area (Å²) in [5.41, 5.74) is 0. The van der Waals surface area contributed by atoms with Crippen molar-refractivity contribution in [2.75, 3.05) is 10.6 Å². The Morgan fingerprint density at radius 1 is 0.889 bits per heavy atom. The molecule has 0 bridgehead atoms. The molecule has 10 heteroatoms. The van der Waals surface area contributed by atoms with Crippen LogP contribution in [0.5, 0.6) is 0 Å². The van der Waals surface area contributed by atoms with E-state index in [1.807, 2.05) is 0 Å². The van der Waals surface area contributed by atoms with E-state index in [2.05, 4.69) is 41.0 Å². The van der Waals surface area contributed by atoms with Gasteiger partial charge in [-0.05, 0) is 0 Å². The predicted molar refractivity (Wildman–Crippen MR) is 60.4 cm³/mol. The molecule has 0 fully saturated rings. The monoisotopic (exact) mass is 250 g/mol. The first-order valence-corrected chi connectivity index (χ1v) is 4.95. The molecule has 4 N–H and O–H groups in total. The van der Waals surface area contributed by atoms with Gasteiger partial charge in [-0.1, -0.05) is 0 Å². The molecule has 2 amide bonds. The maximum absolute atomic E-state index is 10.8. The van der Waals surface area contributed by atoms with Crippen LogP contribution in [0.4, 0.5) is 11.9 Å². The second-order valence-corrected chi connectivity index (χ2v) is 3.38. The number of anilines is 2. The third-order valence-corrected chi connectivity index (χ3v) is 1.77. The van der Waals surface area contributed by atoms with E-state index < -0.39 is 0 Å². The van der Waals surface area contributed by atoms with Crippen molar-refractivity contribution in [3.05, 3.63) is 0 Å². The lowest BCUT2D eigenvalue weighted by molar-refractivity contribution is -0.115. The van der Waals surface area contributed by atoms with Crippen molar-refractivity contribution in [2.24, 2.45) is 0 Å². The molecular formula is C8H10N8O2. The highest BCUT2D eigenvalue weighted by Crippen LogP contribution is 2.12. The molecule has 0 atom stereocenters. The molecule has 94 valence electrons. The summed E-state index contributed by atoms with van der Waals surface area (Å²) in [5.74, 6) is 0.296. The van der Waals surface area contributed by atoms with Gasteiger partial charge in [0.05, 0.1) is 0 Å². The minimum absolute atomic E-state index is 0.134. The number of aromatic nitrogens is 6. The van der Waals surface area contributed by atoms with Crippen molar-refractivity contribution in [1.82, 2.24) is 30.4 Å². The molecule has 2 rings (SSSR count). The van der Waals surface area contributed by atoms with Gasteiger partial charge >= 0.3 is 0 Å². The number of H-pyrrole nitrogens is 2. The highest BCUT2D eigenvalue weighted by atomic mass is 16.2. The molecule has 0 radical (unpaired) electrons. The number of carbonyl (C=O) groups excluding carboxylic acids is 2. The summed E-state index contributed by atoms with van der Waals surface area (Å²) in [6.45, 7) is 2.69. The minimum atomic E-state index is -0.281. The third-order valence-electron chi connectivity index (χ3n) is 1.77. The van der Waals surface area contributed by atoms with Crippen LogP contribution >= 0.6 is 0 Å². The number of carbonyl (C=O) groups is 2. The van der Waals surface area contributed by atoms with Crippen LogP contribution in [0, 0.1) is 0 Å². The topological polar surface area (TPSA) is 141 Å². The normalized spacial score (nSPS) is 10.1. The zero-order valence-electron chi connectivity index (χ0n) is 9.61. The van der Waals surface area contributed by atoms with Gasteiger partial charge in [0.1, 0.15) is 0 Å². The molecule has 0 saturated carbocycles. The molecule has 2 aromatic rings. The van der Waals surface area contributed by atoms with Crippen LogP contribution in [0.1, 0.15) is 13.8 Å². The number of amides is 2. The lowest BCUT2D eigenvalue weighted by Gasteiger charge is -1.91. The number of aromatic amines is 2. The van der Waals surface area contributed by atoms with E-state index in [4.69, 9.17) is 0 Å². The van der Waals surface area contributed by atoms with Gasteiger partial charge in [0, 0.05) is 13.8 Å². The lowest BCUT2D eigenvalue weighted by atomic mass is 10.6. The Bertz CT molecular complexity index is 533. The van der Waals surface area contributed by atoms with Gasteiger partial charge in [-0.2, -0.15) is 9.97 Å². The maximum Gasteiger partial charge on any atom is 0.249 e. The van der Waals surface area contributed by atoms with Crippen LogP contribution in [0.3, 0.4) is 0 Å². The average Bonchev–Trinajstić information content (AvgIpc) is 2.85. The van der Waals surface area contributed by atoms with E-state index in [-0.39, 0.29) is 23.7 Å². The van der Waals surface area contributed by atoms with E-state index in [0.717, 1.165) is 0 Å². The molecule has 0 aromatic carbocycles. The zero-order valence-corrected chi connectivity index (χ0v) is 9.61. The van der Waals surface area contributed by atoms with Crippen molar-refractivity contribution in [3.8, 4) is 11.6 Å². The average molecular weight is 250 g/mol. The SMILES string of the molecule is CC(=O)Nc1n[nH]c(-c2nc(NC(C)=O)n[nH]2)n1. The fourth-order valence-electron chi connectivity index (χ4n) is 1.16. The van der Waals surface area contributed by atoms with E-state index in [9.17, 15) is 9.59 Å². The molecule has 10 nitrogen and oxygen atoms in total. The van der Waals surface area contributed by atoms with E-state index >= 15 is 0 Å². The van der Waals surface area contributed by atoms with E-state index in [1.54, 1.807) is 0 Å². The van der Waals surface area contributed by atoms with Crippen LogP contribution in [-0.2, 0) is 9.59 Å². The fraction of sp³-hybridized carbons (Fsp3) is 0.250. The predicted octanol–water partition coefficient (Wildman–Crippen LogP) is -0.493. The Hall–Kier alpha value is -2.78. The molecule has 0 aliphatic carbocycles. The number of rotatable bonds is 3. The second-order valence-electron chi connectivity index (χ2n) is 3.38. The minimum Gasteiger partial charge on any atom is -0.293 e. The van der Waals surface area contributed by atoms with Crippen LogP contribution in [0.15, 0.2) is 0 Å². The van der Waals surface area contributed by atoms with Crippen LogP contribution in [0.2, 0.25) is 0 Å². The quantitative estimate of drug-likeness (QED) is 0.579. The molecular weight excluding hydrogens is 240 g/mol. The molecule has 2 heterocycles. The van der Waals surface area contributed by atoms with Crippen molar-refractivity contribution >= 4 is 23.7 Å². The molecule has 0 saturated heterocycles. The Kier molecular flexibility index (Phi) is 3.00.